The van der Waals surface area contributed by atoms with Crippen molar-refractivity contribution in [3.8, 4) is 17.2 Å². The van der Waals surface area contributed by atoms with Crippen molar-refractivity contribution in [2.24, 2.45) is 0 Å². The fourth-order valence-corrected chi connectivity index (χ4v) is 3.18. The van der Waals surface area contributed by atoms with Gasteiger partial charge in [-0.15, -0.1) is 0 Å². The summed E-state index contributed by atoms with van der Waals surface area (Å²) in [5.41, 5.74) is -7.40. The van der Waals surface area contributed by atoms with Crippen LogP contribution in [0.25, 0.3) is 11.5 Å². The van der Waals surface area contributed by atoms with Crippen molar-refractivity contribution >= 4 is 0 Å². The highest BCUT2D eigenvalue weighted by Crippen LogP contribution is 2.50. The molecule has 0 aliphatic heterocycles. The number of rotatable bonds is 5. The third kappa shape index (κ3) is 5.09. The summed E-state index contributed by atoms with van der Waals surface area (Å²) in [6.07, 6.45) is -16.6. The largest absolute Gasteiger partial charge is 0.487 e. The van der Waals surface area contributed by atoms with Gasteiger partial charge < -0.3 is 14.3 Å². The highest BCUT2D eigenvalue weighted by molar-refractivity contribution is 5.55. The summed E-state index contributed by atoms with van der Waals surface area (Å²) in [7, 11) is 0. The van der Waals surface area contributed by atoms with Crippen molar-refractivity contribution in [1.29, 1.82) is 0 Å². The zero-order valence-corrected chi connectivity index (χ0v) is 17.9. The Morgan fingerprint density at radius 3 is 2.03 bits per heavy atom. The average Bonchev–Trinajstić information content (AvgIpc) is 3.10. The van der Waals surface area contributed by atoms with Crippen molar-refractivity contribution in [2.75, 3.05) is 0 Å². The van der Waals surface area contributed by atoms with Crippen molar-refractivity contribution < 1.29 is 53.8 Å². The maximum atomic E-state index is 13.1. The number of halogens is 9. The van der Waals surface area contributed by atoms with Gasteiger partial charge in [-0.1, -0.05) is 12.1 Å². The predicted octanol–water partition coefficient (Wildman–Crippen LogP) is 6.87. The van der Waals surface area contributed by atoms with Crippen molar-refractivity contribution in [3.63, 3.8) is 0 Å². The summed E-state index contributed by atoms with van der Waals surface area (Å²) in [5.74, 6) is -0.0710. The van der Waals surface area contributed by atoms with Gasteiger partial charge in [0.2, 0.25) is 5.89 Å². The van der Waals surface area contributed by atoms with Gasteiger partial charge in [0.15, 0.2) is 0 Å². The van der Waals surface area contributed by atoms with E-state index in [4.69, 9.17) is 9.15 Å². The van der Waals surface area contributed by atoms with Crippen LogP contribution < -0.4 is 4.74 Å². The standard InChI is InChI=1S/C22H16F9NO3/c1-11-8-14(19(33,21(26,27)28)22(29,30)31)6-7-17(11)34-10-16-12(2)35-18(32-16)13-4-3-5-15(9-13)20(23,24)25/h3-9,33H,10H2,1-2H3. The molecule has 0 fully saturated rings. The molecule has 0 saturated carbocycles. The number of aryl methyl sites for hydroxylation is 2. The van der Waals surface area contributed by atoms with Gasteiger partial charge in [0.25, 0.3) is 5.60 Å². The van der Waals surface area contributed by atoms with Crippen LogP contribution in [0.4, 0.5) is 39.5 Å². The number of hydrogen-bond acceptors (Lipinski definition) is 4. The summed E-state index contributed by atoms with van der Waals surface area (Å²) in [5, 5.41) is 9.51. The molecule has 35 heavy (non-hydrogen) atoms. The Morgan fingerprint density at radius 1 is 0.857 bits per heavy atom. The number of oxazole rings is 1. The van der Waals surface area contributed by atoms with E-state index in [1.54, 1.807) is 0 Å². The Morgan fingerprint density at radius 2 is 1.49 bits per heavy atom. The fourth-order valence-electron chi connectivity index (χ4n) is 3.18. The molecule has 0 bridgehead atoms. The third-order valence-electron chi connectivity index (χ3n) is 5.11. The summed E-state index contributed by atoms with van der Waals surface area (Å²) in [6, 6.07) is 5.98. The van der Waals surface area contributed by atoms with E-state index in [1.807, 2.05) is 0 Å². The van der Waals surface area contributed by atoms with E-state index in [0.29, 0.717) is 12.1 Å². The molecule has 2 aromatic carbocycles. The summed E-state index contributed by atoms with van der Waals surface area (Å²) in [4.78, 5) is 4.07. The molecule has 3 aromatic rings. The molecule has 13 heteroatoms. The monoisotopic (exact) mass is 513 g/mol. The molecule has 1 heterocycles. The lowest BCUT2D eigenvalue weighted by Gasteiger charge is -2.33. The average molecular weight is 513 g/mol. The maximum absolute atomic E-state index is 13.1. The first-order chi connectivity index (χ1) is 15.9. The van der Waals surface area contributed by atoms with Gasteiger partial charge in [0, 0.05) is 11.1 Å². The molecule has 0 amide bonds. The SMILES string of the molecule is Cc1cc(C(O)(C(F)(F)F)C(F)(F)F)ccc1OCc1nc(-c2cccc(C(F)(F)F)c2)oc1C. The smallest absolute Gasteiger partial charge is 0.430 e. The number of ether oxygens (including phenoxy) is 1. The van der Waals surface area contributed by atoms with Crippen molar-refractivity contribution in [1.82, 2.24) is 4.98 Å². The number of alkyl halides is 9. The van der Waals surface area contributed by atoms with E-state index in [1.165, 1.54) is 26.0 Å². The first-order valence-electron chi connectivity index (χ1n) is 9.69. The lowest BCUT2D eigenvalue weighted by Crippen LogP contribution is -2.53. The topological polar surface area (TPSA) is 55.5 Å². The van der Waals surface area contributed by atoms with Crippen LogP contribution in [0.2, 0.25) is 0 Å². The normalized spacial score (nSPS) is 13.3. The van der Waals surface area contributed by atoms with Crippen LogP contribution in [0.3, 0.4) is 0 Å². The molecule has 0 unspecified atom stereocenters. The van der Waals surface area contributed by atoms with Gasteiger partial charge in [-0.05, 0) is 49.7 Å². The molecular formula is C22H16F9NO3. The molecule has 4 nitrogen and oxygen atoms in total. The molecule has 0 aliphatic carbocycles. The number of aliphatic hydroxyl groups is 1. The quantitative estimate of drug-likeness (QED) is 0.379. The molecule has 0 spiro atoms. The molecule has 0 radical (unpaired) electrons. The van der Waals surface area contributed by atoms with Crippen LogP contribution >= 0.6 is 0 Å². The minimum absolute atomic E-state index is 0.0355. The lowest BCUT2D eigenvalue weighted by molar-refractivity contribution is -0.376. The number of aromatic nitrogens is 1. The second kappa shape index (κ2) is 8.77. The van der Waals surface area contributed by atoms with Crippen LogP contribution in [0.1, 0.15) is 28.1 Å². The van der Waals surface area contributed by atoms with E-state index >= 15 is 0 Å². The lowest BCUT2D eigenvalue weighted by atomic mass is 9.91. The number of nitrogens with zero attached hydrogens (tertiary/aromatic N) is 1. The molecular weight excluding hydrogens is 497 g/mol. The van der Waals surface area contributed by atoms with Gasteiger partial charge in [0.05, 0.1) is 5.56 Å². The van der Waals surface area contributed by atoms with Crippen molar-refractivity contribution in [2.45, 2.75) is 44.6 Å². The number of hydrogen-bond donors (Lipinski definition) is 1. The fraction of sp³-hybridized carbons (Fsp3) is 0.318. The maximum Gasteiger partial charge on any atom is 0.430 e. The first kappa shape index (κ1) is 26.4. The zero-order valence-electron chi connectivity index (χ0n) is 17.9. The van der Waals surface area contributed by atoms with Crippen LogP contribution in [-0.2, 0) is 18.4 Å². The first-order valence-corrected chi connectivity index (χ1v) is 9.69. The van der Waals surface area contributed by atoms with Crippen LogP contribution in [0.5, 0.6) is 5.75 Å². The minimum atomic E-state index is -6.03. The van der Waals surface area contributed by atoms with E-state index in [2.05, 4.69) is 4.98 Å². The van der Waals surface area contributed by atoms with E-state index < -0.39 is 35.3 Å². The summed E-state index contributed by atoms with van der Waals surface area (Å²) < 4.78 is 128. The van der Waals surface area contributed by atoms with E-state index in [-0.39, 0.29) is 40.8 Å². The van der Waals surface area contributed by atoms with Gasteiger partial charge in [-0.25, -0.2) is 4.98 Å². The van der Waals surface area contributed by atoms with Gasteiger partial charge in [-0.3, -0.25) is 0 Å². The van der Waals surface area contributed by atoms with Crippen LogP contribution in [0, 0.1) is 13.8 Å². The van der Waals surface area contributed by atoms with Gasteiger partial charge >= 0.3 is 18.5 Å². The summed E-state index contributed by atoms with van der Waals surface area (Å²) >= 11 is 0. The number of benzene rings is 2. The Balaban J connectivity index is 1.84. The Labute approximate surface area is 192 Å². The van der Waals surface area contributed by atoms with E-state index in [0.717, 1.165) is 18.2 Å². The van der Waals surface area contributed by atoms with Crippen molar-refractivity contribution in [3.05, 3.63) is 70.6 Å². The van der Waals surface area contributed by atoms with E-state index in [9.17, 15) is 44.6 Å². The third-order valence-corrected chi connectivity index (χ3v) is 5.11. The second-order valence-electron chi connectivity index (χ2n) is 7.58. The Kier molecular flexibility index (Phi) is 6.61. The van der Waals surface area contributed by atoms with Gasteiger partial charge in [0.1, 0.15) is 23.8 Å². The molecule has 0 aliphatic rings. The van der Waals surface area contributed by atoms with Crippen LogP contribution in [0.15, 0.2) is 46.9 Å². The molecule has 1 N–H and O–H groups in total. The molecule has 190 valence electrons. The summed E-state index contributed by atoms with van der Waals surface area (Å²) in [6.45, 7) is 2.28. The minimum Gasteiger partial charge on any atom is -0.487 e. The second-order valence-corrected chi connectivity index (χ2v) is 7.58. The Hall–Kier alpha value is -3.22. The Bertz CT molecular complexity index is 1200. The van der Waals surface area contributed by atoms with Crippen LogP contribution in [-0.4, -0.2) is 22.4 Å². The molecule has 1 aromatic heterocycles. The molecule has 3 rings (SSSR count). The predicted molar refractivity (Wildman–Crippen MR) is 103 cm³/mol. The molecule has 0 saturated heterocycles. The highest BCUT2D eigenvalue weighted by Gasteiger charge is 2.71. The highest BCUT2D eigenvalue weighted by atomic mass is 19.4. The molecule has 0 atom stereocenters. The zero-order chi connectivity index (χ0) is 26.4. The van der Waals surface area contributed by atoms with Gasteiger partial charge in [-0.2, -0.15) is 39.5 Å².